The second kappa shape index (κ2) is 11.8. The molecule has 0 N–H and O–H groups in total. The van der Waals surface area contributed by atoms with Crippen molar-refractivity contribution >= 4 is 40.8 Å². The third-order valence-corrected chi connectivity index (χ3v) is 4.30. The molecule has 0 aliphatic heterocycles. The van der Waals surface area contributed by atoms with E-state index in [2.05, 4.69) is 6.92 Å². The average molecular weight is 414 g/mol. The van der Waals surface area contributed by atoms with Gasteiger partial charge in [0, 0.05) is 6.07 Å². The van der Waals surface area contributed by atoms with Gasteiger partial charge in [-0.3, -0.25) is 0 Å². The van der Waals surface area contributed by atoms with Crippen LogP contribution in [0.15, 0.2) is 12.1 Å². The molecule has 0 bridgehead atoms. The second-order valence-corrected chi connectivity index (χ2v) is 6.55. The number of esters is 1. The maximum atomic E-state index is 11.9. The van der Waals surface area contributed by atoms with Gasteiger partial charge >= 0.3 is 5.97 Å². The zero-order valence-corrected chi connectivity index (χ0v) is 16.8. The molecule has 0 heterocycles. The highest BCUT2D eigenvalue weighted by Gasteiger charge is 2.18. The molecule has 2 unspecified atom stereocenters. The molecule has 1 aromatic carbocycles. The molecule has 0 radical (unpaired) electrons. The minimum Gasteiger partial charge on any atom is -0.477 e. The van der Waals surface area contributed by atoms with Gasteiger partial charge in [-0.15, -0.1) is 0 Å². The summed E-state index contributed by atoms with van der Waals surface area (Å²) in [7, 11) is 0. The van der Waals surface area contributed by atoms with Crippen molar-refractivity contribution in [1.29, 1.82) is 0 Å². The fraction of sp³-hybridized carbons (Fsp3) is 0.588. The Kier molecular flexibility index (Phi) is 10.5. The molecule has 1 aromatic rings. The normalized spacial score (nSPS) is 13.4. The van der Waals surface area contributed by atoms with Crippen molar-refractivity contribution in [2.24, 2.45) is 0 Å². The first-order valence-electron chi connectivity index (χ1n) is 8.02. The van der Waals surface area contributed by atoms with E-state index in [1.54, 1.807) is 6.92 Å². The number of ether oxygens (including phenoxy) is 4. The number of benzene rings is 1. The lowest BCUT2D eigenvalue weighted by molar-refractivity contribution is -0.152. The molecule has 0 spiro atoms. The number of hydrogen-bond acceptors (Lipinski definition) is 5. The van der Waals surface area contributed by atoms with E-state index in [1.165, 1.54) is 12.1 Å². The van der Waals surface area contributed by atoms with Gasteiger partial charge in [-0.1, -0.05) is 41.7 Å². The Balaban J connectivity index is 2.25. The Labute approximate surface area is 163 Å². The van der Waals surface area contributed by atoms with Gasteiger partial charge in [0.1, 0.15) is 12.4 Å². The first kappa shape index (κ1) is 22.3. The molecule has 2 atom stereocenters. The van der Waals surface area contributed by atoms with Crippen molar-refractivity contribution in [2.45, 2.75) is 39.4 Å². The average Bonchev–Trinajstić information content (AvgIpc) is 2.58. The maximum absolute atomic E-state index is 11.9. The third-order valence-electron chi connectivity index (χ3n) is 3.29. The van der Waals surface area contributed by atoms with Gasteiger partial charge in [0.05, 0.1) is 41.0 Å². The van der Waals surface area contributed by atoms with E-state index in [9.17, 15) is 4.79 Å². The topological polar surface area (TPSA) is 54.0 Å². The van der Waals surface area contributed by atoms with E-state index in [1.807, 2.05) is 6.92 Å². The van der Waals surface area contributed by atoms with Crippen LogP contribution < -0.4 is 4.74 Å². The van der Waals surface area contributed by atoms with E-state index < -0.39 is 12.1 Å². The van der Waals surface area contributed by atoms with Gasteiger partial charge in [0.25, 0.3) is 0 Å². The van der Waals surface area contributed by atoms with Crippen molar-refractivity contribution in [3.05, 3.63) is 27.2 Å². The Morgan fingerprint density at radius 1 is 1.00 bits per heavy atom. The summed E-state index contributed by atoms with van der Waals surface area (Å²) in [5, 5.41) is 0.858. The van der Waals surface area contributed by atoms with E-state index in [-0.39, 0.29) is 35.1 Å². The SMILES string of the molecule is CCC(C)OCCOCCOC(=O)C(C)Oc1cc(Cl)c(Cl)cc1Cl. The predicted octanol–water partition coefficient (Wildman–Crippen LogP) is 4.79. The van der Waals surface area contributed by atoms with Crippen LogP contribution in [0, 0.1) is 0 Å². The van der Waals surface area contributed by atoms with Crippen LogP contribution in [0.25, 0.3) is 0 Å². The molecule has 0 aliphatic rings. The second-order valence-electron chi connectivity index (χ2n) is 5.33. The maximum Gasteiger partial charge on any atom is 0.347 e. The number of rotatable bonds is 11. The lowest BCUT2D eigenvalue weighted by Gasteiger charge is -2.15. The Bertz CT molecular complexity index is 553. The molecule has 0 fully saturated rings. The van der Waals surface area contributed by atoms with Gasteiger partial charge in [0.2, 0.25) is 0 Å². The summed E-state index contributed by atoms with van der Waals surface area (Å²) in [6.07, 6.45) is 0.328. The van der Waals surface area contributed by atoms with Crippen molar-refractivity contribution in [2.75, 3.05) is 26.4 Å². The first-order valence-corrected chi connectivity index (χ1v) is 9.15. The molecule has 0 aromatic heterocycles. The number of hydrogen-bond donors (Lipinski definition) is 0. The first-order chi connectivity index (χ1) is 11.8. The number of carbonyl (C=O) groups is 1. The van der Waals surface area contributed by atoms with Crippen LogP contribution in [-0.4, -0.2) is 44.6 Å². The van der Waals surface area contributed by atoms with Gasteiger partial charge in [-0.05, 0) is 26.3 Å². The monoisotopic (exact) mass is 412 g/mol. The van der Waals surface area contributed by atoms with Crippen molar-refractivity contribution in [3.63, 3.8) is 0 Å². The summed E-state index contributed by atoms with van der Waals surface area (Å²) < 4.78 is 21.3. The number of halogens is 3. The van der Waals surface area contributed by atoms with Gasteiger partial charge < -0.3 is 18.9 Å². The molecular weight excluding hydrogens is 391 g/mol. The lowest BCUT2D eigenvalue weighted by Crippen LogP contribution is -2.27. The third kappa shape index (κ3) is 8.47. The number of carbonyl (C=O) groups excluding carboxylic acids is 1. The van der Waals surface area contributed by atoms with Gasteiger partial charge in [-0.2, -0.15) is 0 Å². The molecule has 25 heavy (non-hydrogen) atoms. The van der Waals surface area contributed by atoms with Crippen LogP contribution in [0.1, 0.15) is 27.2 Å². The highest BCUT2D eigenvalue weighted by atomic mass is 35.5. The zero-order valence-electron chi connectivity index (χ0n) is 14.5. The van der Waals surface area contributed by atoms with E-state index in [4.69, 9.17) is 53.8 Å². The van der Waals surface area contributed by atoms with Gasteiger partial charge in [0.15, 0.2) is 6.10 Å². The molecule has 8 heteroatoms. The standard InChI is InChI=1S/C17H23Cl3O5/c1-4-11(2)23-7-5-22-6-8-24-17(21)12(3)25-16-10-14(19)13(18)9-15(16)20/h9-12H,4-8H2,1-3H3. The quantitative estimate of drug-likeness (QED) is 0.296. The highest BCUT2D eigenvalue weighted by Crippen LogP contribution is 2.34. The van der Waals surface area contributed by atoms with Crippen LogP contribution in [0.5, 0.6) is 5.75 Å². The fourth-order valence-electron chi connectivity index (χ4n) is 1.68. The largest absolute Gasteiger partial charge is 0.477 e. The molecule has 5 nitrogen and oxygen atoms in total. The van der Waals surface area contributed by atoms with Crippen molar-refractivity contribution in [1.82, 2.24) is 0 Å². The molecule has 142 valence electrons. The van der Waals surface area contributed by atoms with Crippen LogP contribution in [-0.2, 0) is 19.0 Å². The van der Waals surface area contributed by atoms with Crippen molar-refractivity contribution in [3.8, 4) is 5.75 Å². The fourth-order valence-corrected chi connectivity index (χ4v) is 2.26. The van der Waals surface area contributed by atoms with Crippen molar-refractivity contribution < 1.29 is 23.7 Å². The van der Waals surface area contributed by atoms with Crippen LogP contribution in [0.4, 0.5) is 0 Å². The van der Waals surface area contributed by atoms with Gasteiger partial charge in [-0.25, -0.2) is 4.79 Å². The smallest absolute Gasteiger partial charge is 0.347 e. The summed E-state index contributed by atoms with van der Waals surface area (Å²) in [6, 6.07) is 2.91. The Hall–Kier alpha value is -0.720. The Morgan fingerprint density at radius 3 is 2.32 bits per heavy atom. The summed E-state index contributed by atoms with van der Waals surface area (Å²) in [5.74, 6) is -0.263. The molecule has 0 amide bonds. The summed E-state index contributed by atoms with van der Waals surface area (Å²) >= 11 is 17.8. The zero-order chi connectivity index (χ0) is 18.8. The summed E-state index contributed by atoms with van der Waals surface area (Å²) in [5.41, 5.74) is 0. The summed E-state index contributed by atoms with van der Waals surface area (Å²) in [6.45, 7) is 7.00. The van der Waals surface area contributed by atoms with Crippen LogP contribution in [0.2, 0.25) is 15.1 Å². The lowest BCUT2D eigenvalue weighted by atomic mass is 10.3. The molecule has 0 aliphatic carbocycles. The van der Waals surface area contributed by atoms with E-state index in [0.717, 1.165) is 6.42 Å². The molecule has 1 rings (SSSR count). The van der Waals surface area contributed by atoms with Crippen LogP contribution >= 0.6 is 34.8 Å². The minimum atomic E-state index is -0.844. The summed E-state index contributed by atoms with van der Waals surface area (Å²) in [4.78, 5) is 11.9. The van der Waals surface area contributed by atoms with E-state index in [0.29, 0.717) is 18.2 Å². The molecule has 0 saturated carbocycles. The highest BCUT2D eigenvalue weighted by molar-refractivity contribution is 6.43. The molecular formula is C17H23Cl3O5. The predicted molar refractivity (Wildman–Crippen MR) is 99.0 cm³/mol. The molecule has 0 saturated heterocycles. The minimum absolute atomic E-state index is 0.130. The Morgan fingerprint density at radius 2 is 1.64 bits per heavy atom. The van der Waals surface area contributed by atoms with E-state index >= 15 is 0 Å². The van der Waals surface area contributed by atoms with Crippen LogP contribution in [0.3, 0.4) is 0 Å².